The van der Waals surface area contributed by atoms with Crippen molar-refractivity contribution in [3.05, 3.63) is 23.4 Å². The first-order chi connectivity index (χ1) is 5.77. The fourth-order valence-corrected chi connectivity index (χ4v) is 1.35. The smallest absolute Gasteiger partial charge is 0.168 e. The van der Waals surface area contributed by atoms with Crippen molar-refractivity contribution >= 4 is 11.6 Å². The van der Waals surface area contributed by atoms with E-state index in [1.165, 1.54) is 0 Å². The van der Waals surface area contributed by atoms with Crippen molar-refractivity contribution < 1.29 is 4.79 Å². The number of rotatable bonds is 0. The molecule has 0 radical (unpaired) electrons. The molecule has 2 rings (SSSR count). The zero-order valence-corrected chi connectivity index (χ0v) is 6.92. The van der Waals surface area contributed by atoms with Crippen molar-refractivity contribution in [2.24, 2.45) is 0 Å². The first-order valence-electron chi connectivity index (χ1n) is 4.02. The Kier molecular flexibility index (Phi) is 1.57. The minimum absolute atomic E-state index is 0.191. The number of nitrogens with one attached hydrogen (secondary N) is 1. The Labute approximate surface area is 70.8 Å². The monoisotopic (exact) mass is 162 g/mol. The van der Waals surface area contributed by atoms with Crippen LogP contribution in [0.2, 0.25) is 0 Å². The first kappa shape index (κ1) is 7.28. The average Bonchev–Trinajstić information content (AvgIpc) is 2.04. The van der Waals surface area contributed by atoms with Crippen molar-refractivity contribution in [2.45, 2.75) is 13.3 Å². The van der Waals surface area contributed by atoms with Crippen LogP contribution in [0.1, 0.15) is 22.5 Å². The van der Waals surface area contributed by atoms with E-state index in [0.29, 0.717) is 13.0 Å². The highest BCUT2D eigenvalue weighted by molar-refractivity contribution is 6.02. The van der Waals surface area contributed by atoms with Crippen LogP contribution >= 0.6 is 0 Å². The van der Waals surface area contributed by atoms with Gasteiger partial charge in [-0.25, -0.2) is 4.98 Å². The molecule has 1 aliphatic heterocycles. The predicted molar refractivity (Wildman–Crippen MR) is 46.4 cm³/mol. The molecule has 0 saturated carbocycles. The van der Waals surface area contributed by atoms with Crippen molar-refractivity contribution in [3.63, 3.8) is 0 Å². The van der Waals surface area contributed by atoms with Crippen LogP contribution in [0.5, 0.6) is 0 Å². The van der Waals surface area contributed by atoms with Gasteiger partial charge in [0.15, 0.2) is 5.78 Å². The largest absolute Gasteiger partial charge is 0.369 e. The Morgan fingerprint density at radius 1 is 1.50 bits per heavy atom. The second kappa shape index (κ2) is 2.59. The van der Waals surface area contributed by atoms with E-state index in [2.05, 4.69) is 10.3 Å². The summed E-state index contributed by atoms with van der Waals surface area (Å²) in [5.74, 6) is 0.933. The molecular weight excluding hydrogens is 152 g/mol. The Hall–Kier alpha value is -1.38. The van der Waals surface area contributed by atoms with E-state index in [0.717, 1.165) is 17.1 Å². The average molecular weight is 162 g/mol. The molecular formula is C9H10N2O. The summed E-state index contributed by atoms with van der Waals surface area (Å²) in [5.41, 5.74) is 1.67. The van der Waals surface area contributed by atoms with Crippen LogP contribution in [0, 0.1) is 6.92 Å². The normalized spacial score (nSPS) is 15.2. The fraction of sp³-hybridized carbons (Fsp3) is 0.333. The first-order valence-corrected chi connectivity index (χ1v) is 4.02. The maximum absolute atomic E-state index is 11.3. The lowest BCUT2D eigenvalue weighted by Gasteiger charge is -2.15. The quantitative estimate of drug-likeness (QED) is 0.626. The topological polar surface area (TPSA) is 42.0 Å². The minimum Gasteiger partial charge on any atom is -0.369 e. The number of aryl methyl sites for hydroxylation is 1. The van der Waals surface area contributed by atoms with Gasteiger partial charge in [-0.05, 0) is 19.1 Å². The van der Waals surface area contributed by atoms with Crippen molar-refractivity contribution in [1.82, 2.24) is 4.98 Å². The molecule has 0 atom stereocenters. The molecule has 0 aliphatic carbocycles. The molecule has 1 aromatic heterocycles. The second-order valence-corrected chi connectivity index (χ2v) is 2.95. The Balaban J connectivity index is 2.53. The molecule has 1 N–H and O–H groups in total. The maximum Gasteiger partial charge on any atom is 0.168 e. The summed E-state index contributed by atoms with van der Waals surface area (Å²) in [7, 11) is 0. The predicted octanol–water partition coefficient (Wildman–Crippen LogP) is 1.39. The summed E-state index contributed by atoms with van der Waals surface area (Å²) in [4.78, 5) is 15.5. The van der Waals surface area contributed by atoms with Gasteiger partial charge in [-0.2, -0.15) is 0 Å². The number of aromatic nitrogens is 1. The lowest BCUT2D eigenvalue weighted by Crippen LogP contribution is -2.19. The molecule has 0 fully saturated rings. The van der Waals surface area contributed by atoms with Crippen LogP contribution in [0.3, 0.4) is 0 Å². The van der Waals surface area contributed by atoms with E-state index < -0.39 is 0 Å². The van der Waals surface area contributed by atoms with Crippen LogP contribution in [0.4, 0.5) is 5.82 Å². The second-order valence-electron chi connectivity index (χ2n) is 2.95. The van der Waals surface area contributed by atoms with Crippen LogP contribution in [-0.4, -0.2) is 17.3 Å². The summed E-state index contributed by atoms with van der Waals surface area (Å²) in [5, 5.41) is 3.10. The number of ketones is 1. The highest BCUT2D eigenvalue weighted by Gasteiger charge is 2.16. The third-order valence-electron chi connectivity index (χ3n) is 1.98. The molecule has 1 aromatic rings. The van der Waals surface area contributed by atoms with Gasteiger partial charge >= 0.3 is 0 Å². The van der Waals surface area contributed by atoms with E-state index >= 15 is 0 Å². The minimum atomic E-state index is 0.191. The summed E-state index contributed by atoms with van der Waals surface area (Å²) in [6.07, 6.45) is 0.581. The molecule has 0 amide bonds. The zero-order chi connectivity index (χ0) is 8.55. The number of carbonyl (C=O) groups is 1. The molecule has 62 valence electrons. The third-order valence-corrected chi connectivity index (χ3v) is 1.98. The van der Waals surface area contributed by atoms with Crippen LogP contribution in [0.15, 0.2) is 12.1 Å². The lowest BCUT2D eigenvalue weighted by atomic mass is 10.1. The molecule has 0 spiro atoms. The van der Waals surface area contributed by atoms with E-state index in [-0.39, 0.29) is 5.78 Å². The standard InChI is InChI=1S/C9H10N2O/c1-6-2-3-7-8(12)4-5-10-9(7)11-6/h2-3H,4-5H2,1H3,(H,10,11). The molecule has 0 aromatic carbocycles. The van der Waals surface area contributed by atoms with Gasteiger partial charge in [-0.3, -0.25) is 4.79 Å². The molecule has 3 heteroatoms. The van der Waals surface area contributed by atoms with Gasteiger partial charge < -0.3 is 5.32 Å². The highest BCUT2D eigenvalue weighted by Crippen LogP contribution is 2.19. The van der Waals surface area contributed by atoms with Gasteiger partial charge in [0.2, 0.25) is 0 Å². The van der Waals surface area contributed by atoms with Gasteiger partial charge in [-0.15, -0.1) is 0 Å². The van der Waals surface area contributed by atoms with Gasteiger partial charge in [0, 0.05) is 18.7 Å². The molecule has 12 heavy (non-hydrogen) atoms. The molecule has 3 nitrogen and oxygen atoms in total. The highest BCUT2D eigenvalue weighted by atomic mass is 16.1. The number of fused-ring (bicyclic) bond motifs is 1. The van der Waals surface area contributed by atoms with Gasteiger partial charge in [0.1, 0.15) is 5.82 Å². The SMILES string of the molecule is Cc1ccc2c(n1)NCCC2=O. The van der Waals surface area contributed by atoms with Crippen molar-refractivity contribution in [3.8, 4) is 0 Å². The Morgan fingerprint density at radius 3 is 3.17 bits per heavy atom. The Morgan fingerprint density at radius 2 is 2.33 bits per heavy atom. The fourth-order valence-electron chi connectivity index (χ4n) is 1.35. The van der Waals surface area contributed by atoms with Gasteiger partial charge in [0.25, 0.3) is 0 Å². The molecule has 2 heterocycles. The van der Waals surface area contributed by atoms with Crippen LogP contribution in [0.25, 0.3) is 0 Å². The number of carbonyl (C=O) groups excluding carboxylic acids is 1. The number of Topliss-reactive ketones (excluding diaryl/α,β-unsaturated/α-hetero) is 1. The van der Waals surface area contributed by atoms with Crippen LogP contribution < -0.4 is 5.32 Å². The van der Waals surface area contributed by atoms with Crippen molar-refractivity contribution in [2.75, 3.05) is 11.9 Å². The molecule has 0 bridgehead atoms. The van der Waals surface area contributed by atoms with E-state index in [9.17, 15) is 4.79 Å². The molecule has 0 unspecified atom stereocenters. The summed E-state index contributed by atoms with van der Waals surface area (Å²) in [6.45, 7) is 2.63. The number of nitrogens with zero attached hydrogens (tertiary/aromatic N) is 1. The zero-order valence-electron chi connectivity index (χ0n) is 6.92. The summed E-state index contributed by atoms with van der Waals surface area (Å²) in [6, 6.07) is 3.70. The molecule has 0 saturated heterocycles. The maximum atomic E-state index is 11.3. The number of hydrogen-bond acceptors (Lipinski definition) is 3. The van der Waals surface area contributed by atoms with E-state index in [4.69, 9.17) is 0 Å². The van der Waals surface area contributed by atoms with E-state index in [1.807, 2.05) is 19.1 Å². The summed E-state index contributed by atoms with van der Waals surface area (Å²) < 4.78 is 0. The van der Waals surface area contributed by atoms with Gasteiger partial charge in [-0.1, -0.05) is 0 Å². The van der Waals surface area contributed by atoms with Gasteiger partial charge in [0.05, 0.1) is 5.56 Å². The molecule has 1 aliphatic rings. The summed E-state index contributed by atoms with van der Waals surface area (Å²) >= 11 is 0. The third kappa shape index (κ3) is 1.07. The number of pyridine rings is 1. The lowest BCUT2D eigenvalue weighted by molar-refractivity contribution is 0.0983. The Bertz CT molecular complexity index is 333. The van der Waals surface area contributed by atoms with Crippen molar-refractivity contribution in [1.29, 1.82) is 0 Å². The number of hydrogen-bond donors (Lipinski definition) is 1. The number of anilines is 1. The van der Waals surface area contributed by atoms with Crippen LogP contribution in [-0.2, 0) is 0 Å². The van der Waals surface area contributed by atoms with E-state index in [1.54, 1.807) is 0 Å².